The van der Waals surface area contributed by atoms with Crippen LogP contribution in [0.15, 0.2) is 0 Å². The van der Waals surface area contributed by atoms with Gasteiger partial charge in [0.05, 0.1) is 26.9 Å². The van der Waals surface area contributed by atoms with Crippen LogP contribution < -0.4 is 5.73 Å². The zero-order chi connectivity index (χ0) is 12.2. The number of methoxy groups -OCH3 is 2. The number of thioether (sulfide) groups is 1. The Hall–Kier alpha value is -0.300. The number of esters is 1. The SMILES string of the molecule is COCCOCCSCCC(N)C(=O)OC. The van der Waals surface area contributed by atoms with Crippen LogP contribution in [0, 0.1) is 0 Å². The van der Waals surface area contributed by atoms with Gasteiger partial charge in [-0.05, 0) is 12.2 Å². The summed E-state index contributed by atoms with van der Waals surface area (Å²) in [6.45, 7) is 1.94. The average Bonchev–Trinajstić information content (AvgIpc) is 2.31. The van der Waals surface area contributed by atoms with Gasteiger partial charge in [0.1, 0.15) is 6.04 Å². The predicted octanol–water partition coefficient (Wildman–Crippen LogP) is 0.273. The Morgan fingerprint density at radius 2 is 2.00 bits per heavy atom. The molecule has 0 aromatic carbocycles. The van der Waals surface area contributed by atoms with Crippen LogP contribution in [0.3, 0.4) is 0 Å². The normalized spacial score (nSPS) is 12.4. The summed E-state index contributed by atoms with van der Waals surface area (Å²) in [6.07, 6.45) is 0.634. The first-order valence-corrected chi connectivity index (χ1v) is 6.35. The third-order valence-electron chi connectivity index (χ3n) is 1.88. The van der Waals surface area contributed by atoms with E-state index in [4.69, 9.17) is 15.2 Å². The molecule has 0 saturated carbocycles. The molecule has 0 aromatic rings. The summed E-state index contributed by atoms with van der Waals surface area (Å²) in [7, 11) is 2.99. The number of rotatable bonds is 10. The van der Waals surface area contributed by atoms with E-state index in [0.29, 0.717) is 26.2 Å². The van der Waals surface area contributed by atoms with E-state index < -0.39 is 6.04 Å². The van der Waals surface area contributed by atoms with E-state index in [9.17, 15) is 4.79 Å². The van der Waals surface area contributed by atoms with Crippen molar-refractivity contribution in [1.29, 1.82) is 0 Å². The van der Waals surface area contributed by atoms with Crippen LogP contribution in [0.4, 0.5) is 0 Å². The zero-order valence-electron chi connectivity index (χ0n) is 9.94. The number of nitrogens with two attached hydrogens (primary N) is 1. The summed E-state index contributed by atoms with van der Waals surface area (Å²) in [5, 5.41) is 0. The van der Waals surface area contributed by atoms with Gasteiger partial charge >= 0.3 is 5.97 Å². The molecule has 2 N–H and O–H groups in total. The van der Waals surface area contributed by atoms with Crippen molar-refractivity contribution in [2.75, 3.05) is 45.5 Å². The molecule has 0 amide bonds. The fourth-order valence-electron chi connectivity index (χ4n) is 0.944. The number of ether oxygens (including phenoxy) is 3. The van der Waals surface area contributed by atoms with Crippen LogP contribution in [0.5, 0.6) is 0 Å². The molecule has 0 aliphatic rings. The minimum Gasteiger partial charge on any atom is -0.468 e. The second-order valence-corrected chi connectivity index (χ2v) is 4.36. The summed E-state index contributed by atoms with van der Waals surface area (Å²) in [6, 6.07) is -0.507. The quantitative estimate of drug-likeness (QED) is 0.444. The molecule has 96 valence electrons. The molecular formula is C10H21NO4S. The molecular weight excluding hydrogens is 230 g/mol. The predicted molar refractivity (Wildman–Crippen MR) is 64.6 cm³/mol. The first kappa shape index (κ1) is 15.7. The summed E-state index contributed by atoms with van der Waals surface area (Å²) < 4.78 is 14.6. The number of carbonyl (C=O) groups is 1. The zero-order valence-corrected chi connectivity index (χ0v) is 10.8. The van der Waals surface area contributed by atoms with E-state index in [-0.39, 0.29) is 5.97 Å². The van der Waals surface area contributed by atoms with E-state index in [1.165, 1.54) is 7.11 Å². The molecule has 1 unspecified atom stereocenters. The largest absolute Gasteiger partial charge is 0.468 e. The van der Waals surface area contributed by atoms with Gasteiger partial charge in [0.25, 0.3) is 0 Å². The van der Waals surface area contributed by atoms with Crippen molar-refractivity contribution in [3.63, 3.8) is 0 Å². The van der Waals surface area contributed by atoms with Crippen LogP contribution in [-0.2, 0) is 19.0 Å². The maximum absolute atomic E-state index is 11.0. The Bertz CT molecular complexity index is 180. The lowest BCUT2D eigenvalue weighted by molar-refractivity contribution is -0.142. The molecule has 0 bridgehead atoms. The van der Waals surface area contributed by atoms with Gasteiger partial charge in [-0.1, -0.05) is 0 Å². The molecule has 0 heterocycles. The van der Waals surface area contributed by atoms with Crippen LogP contribution >= 0.6 is 11.8 Å². The second kappa shape index (κ2) is 11.2. The summed E-state index contributed by atoms with van der Waals surface area (Å²) in [5.74, 6) is 1.39. The highest BCUT2D eigenvalue weighted by atomic mass is 32.2. The van der Waals surface area contributed by atoms with Crippen molar-refractivity contribution in [2.45, 2.75) is 12.5 Å². The summed E-state index contributed by atoms with van der Waals surface area (Å²) >= 11 is 1.71. The molecule has 6 heteroatoms. The second-order valence-electron chi connectivity index (χ2n) is 3.14. The van der Waals surface area contributed by atoms with Gasteiger partial charge in [0, 0.05) is 12.9 Å². The first-order chi connectivity index (χ1) is 7.72. The highest BCUT2D eigenvalue weighted by Crippen LogP contribution is 2.04. The van der Waals surface area contributed by atoms with Crippen molar-refractivity contribution in [3.8, 4) is 0 Å². The van der Waals surface area contributed by atoms with Crippen LogP contribution in [0.2, 0.25) is 0 Å². The Labute approximate surface area is 101 Å². The minimum atomic E-state index is -0.507. The fraction of sp³-hybridized carbons (Fsp3) is 0.900. The van der Waals surface area contributed by atoms with Gasteiger partial charge in [0.2, 0.25) is 0 Å². The third-order valence-corrected chi connectivity index (χ3v) is 2.86. The highest BCUT2D eigenvalue weighted by Gasteiger charge is 2.12. The maximum Gasteiger partial charge on any atom is 0.322 e. The van der Waals surface area contributed by atoms with Crippen LogP contribution in [-0.4, -0.2) is 57.6 Å². The van der Waals surface area contributed by atoms with Gasteiger partial charge in [-0.2, -0.15) is 11.8 Å². The van der Waals surface area contributed by atoms with Gasteiger partial charge in [-0.25, -0.2) is 0 Å². The van der Waals surface area contributed by atoms with E-state index >= 15 is 0 Å². The van der Waals surface area contributed by atoms with Gasteiger partial charge < -0.3 is 19.9 Å². The summed E-state index contributed by atoms with van der Waals surface area (Å²) in [5.41, 5.74) is 5.57. The van der Waals surface area contributed by atoms with Gasteiger partial charge in [0.15, 0.2) is 0 Å². The lowest BCUT2D eigenvalue weighted by Gasteiger charge is -2.08. The molecule has 1 atom stereocenters. The molecule has 16 heavy (non-hydrogen) atoms. The first-order valence-electron chi connectivity index (χ1n) is 5.20. The molecule has 0 rings (SSSR count). The highest BCUT2D eigenvalue weighted by molar-refractivity contribution is 7.99. The Morgan fingerprint density at radius 3 is 2.62 bits per heavy atom. The Morgan fingerprint density at radius 1 is 1.25 bits per heavy atom. The lowest BCUT2D eigenvalue weighted by atomic mass is 10.2. The van der Waals surface area contributed by atoms with Crippen LogP contribution in [0.25, 0.3) is 0 Å². The van der Waals surface area contributed by atoms with Crippen molar-refractivity contribution < 1.29 is 19.0 Å². The monoisotopic (exact) mass is 251 g/mol. The van der Waals surface area contributed by atoms with Gasteiger partial charge in [-0.3, -0.25) is 4.79 Å². The topological polar surface area (TPSA) is 70.8 Å². The lowest BCUT2D eigenvalue weighted by Crippen LogP contribution is -2.32. The van der Waals surface area contributed by atoms with E-state index in [2.05, 4.69) is 4.74 Å². The Balaban J connectivity index is 3.17. The van der Waals surface area contributed by atoms with Gasteiger partial charge in [-0.15, -0.1) is 0 Å². The number of carbonyl (C=O) groups excluding carboxylic acids is 1. The Kier molecular flexibility index (Phi) is 11.0. The minimum absolute atomic E-state index is 0.350. The summed E-state index contributed by atoms with van der Waals surface area (Å²) in [4.78, 5) is 11.0. The molecule has 0 fully saturated rings. The smallest absolute Gasteiger partial charge is 0.322 e. The van der Waals surface area contributed by atoms with E-state index in [1.807, 2.05) is 0 Å². The van der Waals surface area contributed by atoms with E-state index in [1.54, 1.807) is 18.9 Å². The molecule has 0 saturated heterocycles. The van der Waals surface area contributed by atoms with Crippen molar-refractivity contribution in [2.24, 2.45) is 5.73 Å². The number of hydrogen-bond donors (Lipinski definition) is 1. The van der Waals surface area contributed by atoms with Crippen LogP contribution in [0.1, 0.15) is 6.42 Å². The van der Waals surface area contributed by atoms with Crippen molar-refractivity contribution in [3.05, 3.63) is 0 Å². The van der Waals surface area contributed by atoms with Crippen molar-refractivity contribution >= 4 is 17.7 Å². The molecule has 0 spiro atoms. The van der Waals surface area contributed by atoms with Crippen molar-refractivity contribution in [1.82, 2.24) is 0 Å². The third kappa shape index (κ3) is 8.96. The molecule has 5 nitrogen and oxygen atoms in total. The average molecular weight is 251 g/mol. The molecule has 0 aliphatic heterocycles. The van der Waals surface area contributed by atoms with E-state index in [0.717, 1.165) is 11.5 Å². The molecule has 0 aromatic heterocycles. The number of hydrogen-bond acceptors (Lipinski definition) is 6. The fourth-order valence-corrected chi connectivity index (χ4v) is 1.80. The standard InChI is InChI=1S/C10H21NO4S/c1-13-4-5-15-6-8-16-7-3-9(11)10(12)14-2/h9H,3-8,11H2,1-2H3. The molecule has 0 radical (unpaired) electrons. The maximum atomic E-state index is 11.0. The molecule has 0 aliphatic carbocycles.